The Morgan fingerprint density at radius 2 is 1.73 bits per heavy atom. The molecule has 1 rings (SSSR count). The van der Waals surface area contributed by atoms with Crippen LogP contribution in [0.25, 0.3) is 0 Å². The third-order valence-corrected chi connectivity index (χ3v) is 4.11. The van der Waals surface area contributed by atoms with Gasteiger partial charge in [-0.1, -0.05) is 48.8 Å². The molecule has 0 aliphatic rings. The van der Waals surface area contributed by atoms with Crippen molar-refractivity contribution < 1.29 is 9.90 Å². The van der Waals surface area contributed by atoms with Crippen LogP contribution in [0, 0.1) is 5.41 Å². The molecule has 0 amide bonds. The molecule has 0 heterocycles. The van der Waals surface area contributed by atoms with Crippen LogP contribution in [-0.4, -0.2) is 11.1 Å². The molecule has 0 aliphatic heterocycles. The lowest BCUT2D eigenvalue weighted by molar-refractivity contribution is 0.0697. The molecule has 1 aromatic rings. The minimum Gasteiger partial charge on any atom is -0.478 e. The van der Waals surface area contributed by atoms with Gasteiger partial charge in [-0.25, -0.2) is 4.79 Å². The van der Waals surface area contributed by atoms with E-state index in [2.05, 4.69) is 36.7 Å². The van der Waals surface area contributed by atoms with E-state index in [0.717, 1.165) is 5.56 Å². The van der Waals surface area contributed by atoms with E-state index < -0.39 is 5.97 Å². The number of carboxylic acids is 1. The number of benzene rings is 1. The molecule has 0 fully saturated rings. The SMILES string of the molecule is CC(C)(C)C(Br)c1ccc(C(=O)O)cc1. The second-order valence-corrected chi connectivity index (χ2v) is 5.57. The highest BCUT2D eigenvalue weighted by Gasteiger charge is 2.23. The van der Waals surface area contributed by atoms with E-state index >= 15 is 0 Å². The number of rotatable bonds is 2. The molecule has 1 unspecified atom stereocenters. The summed E-state index contributed by atoms with van der Waals surface area (Å²) >= 11 is 3.62. The van der Waals surface area contributed by atoms with E-state index in [-0.39, 0.29) is 10.2 Å². The van der Waals surface area contributed by atoms with Crippen molar-refractivity contribution in [2.24, 2.45) is 5.41 Å². The van der Waals surface area contributed by atoms with Crippen molar-refractivity contribution in [1.82, 2.24) is 0 Å². The molecule has 15 heavy (non-hydrogen) atoms. The Morgan fingerprint density at radius 3 is 2.07 bits per heavy atom. The van der Waals surface area contributed by atoms with Crippen LogP contribution in [0.4, 0.5) is 0 Å². The Kier molecular flexibility index (Phi) is 3.55. The molecule has 1 aromatic carbocycles. The maximum absolute atomic E-state index is 10.7. The van der Waals surface area contributed by atoms with Gasteiger partial charge in [0.1, 0.15) is 0 Å². The first kappa shape index (κ1) is 12.2. The number of alkyl halides is 1. The van der Waals surface area contributed by atoms with Crippen LogP contribution in [0.5, 0.6) is 0 Å². The summed E-state index contributed by atoms with van der Waals surface area (Å²) < 4.78 is 0. The van der Waals surface area contributed by atoms with Gasteiger partial charge in [-0.05, 0) is 23.1 Å². The van der Waals surface area contributed by atoms with E-state index in [1.807, 2.05) is 12.1 Å². The van der Waals surface area contributed by atoms with Crippen molar-refractivity contribution in [3.8, 4) is 0 Å². The molecule has 0 aromatic heterocycles. The molecular formula is C12H15BrO2. The lowest BCUT2D eigenvalue weighted by atomic mass is 9.88. The Labute approximate surface area is 98.4 Å². The van der Waals surface area contributed by atoms with E-state index in [0.29, 0.717) is 5.56 Å². The average Bonchev–Trinajstić information content (AvgIpc) is 2.15. The van der Waals surface area contributed by atoms with E-state index in [1.54, 1.807) is 12.1 Å². The predicted octanol–water partition coefficient (Wildman–Crippen LogP) is 3.87. The summed E-state index contributed by atoms with van der Waals surface area (Å²) in [7, 11) is 0. The highest BCUT2D eigenvalue weighted by atomic mass is 79.9. The van der Waals surface area contributed by atoms with Crippen LogP contribution in [0.2, 0.25) is 0 Å². The Morgan fingerprint density at radius 1 is 1.27 bits per heavy atom. The largest absolute Gasteiger partial charge is 0.478 e. The number of aromatic carboxylic acids is 1. The van der Waals surface area contributed by atoms with Gasteiger partial charge < -0.3 is 5.11 Å². The van der Waals surface area contributed by atoms with Crippen LogP contribution < -0.4 is 0 Å². The maximum atomic E-state index is 10.7. The molecule has 0 bridgehead atoms. The molecule has 1 N–H and O–H groups in total. The van der Waals surface area contributed by atoms with Gasteiger partial charge in [0.25, 0.3) is 0 Å². The van der Waals surface area contributed by atoms with E-state index in [4.69, 9.17) is 5.11 Å². The van der Waals surface area contributed by atoms with Gasteiger partial charge in [-0.3, -0.25) is 0 Å². The highest BCUT2D eigenvalue weighted by Crippen LogP contribution is 2.39. The quantitative estimate of drug-likeness (QED) is 0.829. The van der Waals surface area contributed by atoms with Crippen LogP contribution in [0.15, 0.2) is 24.3 Å². The third kappa shape index (κ3) is 3.06. The van der Waals surface area contributed by atoms with Crippen LogP contribution in [-0.2, 0) is 0 Å². The molecule has 3 heteroatoms. The normalized spacial score (nSPS) is 13.6. The second kappa shape index (κ2) is 4.35. The monoisotopic (exact) mass is 270 g/mol. The number of hydrogen-bond donors (Lipinski definition) is 1. The topological polar surface area (TPSA) is 37.3 Å². The lowest BCUT2D eigenvalue weighted by Crippen LogP contribution is -2.12. The first-order valence-electron chi connectivity index (χ1n) is 4.79. The van der Waals surface area contributed by atoms with Crippen molar-refractivity contribution in [1.29, 1.82) is 0 Å². The summed E-state index contributed by atoms with van der Waals surface area (Å²) in [6, 6.07) is 6.98. The van der Waals surface area contributed by atoms with Gasteiger partial charge in [0.05, 0.1) is 5.56 Å². The van der Waals surface area contributed by atoms with Gasteiger partial charge in [0, 0.05) is 4.83 Å². The second-order valence-electron chi connectivity index (χ2n) is 4.66. The maximum Gasteiger partial charge on any atom is 0.335 e. The smallest absolute Gasteiger partial charge is 0.335 e. The fourth-order valence-corrected chi connectivity index (χ4v) is 1.60. The minimum absolute atomic E-state index is 0.116. The van der Waals surface area contributed by atoms with Crippen LogP contribution in [0.1, 0.15) is 41.5 Å². The van der Waals surface area contributed by atoms with Gasteiger partial charge in [-0.2, -0.15) is 0 Å². The zero-order chi connectivity index (χ0) is 11.6. The molecule has 0 spiro atoms. The molecule has 1 atom stereocenters. The minimum atomic E-state index is -0.886. The van der Waals surface area contributed by atoms with Crippen molar-refractivity contribution in [3.63, 3.8) is 0 Å². The highest BCUT2D eigenvalue weighted by molar-refractivity contribution is 9.09. The summed E-state index contributed by atoms with van der Waals surface area (Å²) in [4.78, 5) is 10.9. The Bertz CT molecular complexity index is 349. The first-order chi connectivity index (χ1) is 6.82. The average molecular weight is 271 g/mol. The zero-order valence-electron chi connectivity index (χ0n) is 9.12. The number of carboxylic acid groups (broad SMARTS) is 1. The van der Waals surface area contributed by atoms with Gasteiger partial charge in [0.15, 0.2) is 0 Å². The molecule has 0 aliphatic carbocycles. The lowest BCUT2D eigenvalue weighted by Gasteiger charge is -2.25. The van der Waals surface area contributed by atoms with Crippen molar-refractivity contribution >= 4 is 21.9 Å². The fourth-order valence-electron chi connectivity index (χ4n) is 1.29. The Balaban J connectivity index is 2.94. The molecule has 2 nitrogen and oxygen atoms in total. The zero-order valence-corrected chi connectivity index (χ0v) is 10.7. The van der Waals surface area contributed by atoms with Crippen LogP contribution in [0.3, 0.4) is 0 Å². The van der Waals surface area contributed by atoms with Gasteiger partial charge in [-0.15, -0.1) is 0 Å². The summed E-state index contributed by atoms with van der Waals surface area (Å²) in [6.07, 6.45) is 0. The van der Waals surface area contributed by atoms with Crippen LogP contribution >= 0.6 is 15.9 Å². The third-order valence-electron chi connectivity index (χ3n) is 2.21. The van der Waals surface area contributed by atoms with E-state index in [1.165, 1.54) is 0 Å². The molecule has 0 saturated carbocycles. The summed E-state index contributed by atoms with van der Waals surface area (Å²) in [5, 5.41) is 8.76. The molecule has 82 valence electrons. The van der Waals surface area contributed by atoms with E-state index in [9.17, 15) is 4.79 Å². The van der Waals surface area contributed by atoms with Crippen molar-refractivity contribution in [2.75, 3.05) is 0 Å². The number of hydrogen-bond acceptors (Lipinski definition) is 1. The molecule has 0 radical (unpaired) electrons. The summed E-state index contributed by atoms with van der Waals surface area (Å²) in [6.45, 7) is 6.41. The number of carbonyl (C=O) groups is 1. The van der Waals surface area contributed by atoms with Gasteiger partial charge in [0.2, 0.25) is 0 Å². The van der Waals surface area contributed by atoms with Crippen molar-refractivity contribution in [3.05, 3.63) is 35.4 Å². The first-order valence-corrected chi connectivity index (χ1v) is 5.71. The molecular weight excluding hydrogens is 256 g/mol. The van der Waals surface area contributed by atoms with Gasteiger partial charge >= 0.3 is 5.97 Å². The fraction of sp³-hybridized carbons (Fsp3) is 0.417. The summed E-state index contributed by atoms with van der Waals surface area (Å²) in [5.41, 5.74) is 1.55. The molecule has 0 saturated heterocycles. The van der Waals surface area contributed by atoms with Crippen molar-refractivity contribution in [2.45, 2.75) is 25.6 Å². The standard InChI is InChI=1S/C12H15BrO2/c1-12(2,3)10(13)8-4-6-9(7-5-8)11(14)15/h4-7,10H,1-3H3,(H,14,15). The predicted molar refractivity (Wildman–Crippen MR) is 64.5 cm³/mol. The Hall–Kier alpha value is -0.830. The summed E-state index contributed by atoms with van der Waals surface area (Å²) in [5.74, 6) is -0.886. The number of halogens is 1.